The summed E-state index contributed by atoms with van der Waals surface area (Å²) in [6.45, 7) is 5.06. The molecule has 1 aliphatic carbocycles. The Morgan fingerprint density at radius 1 is 1.47 bits per heavy atom. The Morgan fingerprint density at radius 2 is 2.13 bits per heavy atom. The van der Waals surface area contributed by atoms with E-state index in [1.54, 1.807) is 0 Å². The van der Waals surface area contributed by atoms with E-state index in [2.05, 4.69) is 23.6 Å². The molecule has 0 aromatic carbocycles. The Hall–Kier alpha value is -0.830. The van der Waals surface area contributed by atoms with Crippen LogP contribution in [0.5, 0.6) is 0 Å². The molecule has 3 heteroatoms. The fourth-order valence-electron chi connectivity index (χ4n) is 2.64. The van der Waals surface area contributed by atoms with E-state index in [4.69, 9.17) is 5.73 Å². The van der Waals surface area contributed by atoms with Crippen molar-refractivity contribution in [1.29, 1.82) is 0 Å². The minimum Gasteiger partial charge on any atom is -0.326 e. The molecule has 3 nitrogen and oxygen atoms in total. The Balaban J connectivity index is 2.33. The van der Waals surface area contributed by atoms with Crippen molar-refractivity contribution in [3.8, 4) is 0 Å². The molecular formula is C12H21N3. The molecule has 15 heavy (non-hydrogen) atoms. The number of hydrogen-bond donors (Lipinski definition) is 1. The third kappa shape index (κ3) is 1.93. The maximum Gasteiger partial charge on any atom is 0.0537 e. The molecule has 1 aliphatic rings. The van der Waals surface area contributed by atoms with Gasteiger partial charge >= 0.3 is 0 Å². The van der Waals surface area contributed by atoms with Crippen LogP contribution < -0.4 is 5.73 Å². The maximum absolute atomic E-state index is 5.75. The Kier molecular flexibility index (Phi) is 3.10. The molecule has 0 unspecified atom stereocenters. The van der Waals surface area contributed by atoms with Gasteiger partial charge in [0.2, 0.25) is 0 Å². The highest BCUT2D eigenvalue weighted by Gasteiger charge is 2.22. The largest absolute Gasteiger partial charge is 0.326 e. The third-order valence-electron chi connectivity index (χ3n) is 3.35. The average molecular weight is 207 g/mol. The van der Waals surface area contributed by atoms with Crippen molar-refractivity contribution in [2.24, 2.45) is 5.73 Å². The summed E-state index contributed by atoms with van der Waals surface area (Å²) in [5.74, 6) is 0.520. The van der Waals surface area contributed by atoms with Gasteiger partial charge in [0.15, 0.2) is 0 Å². The number of hydrogen-bond acceptors (Lipinski definition) is 2. The molecule has 1 heterocycles. The molecule has 2 rings (SSSR count). The zero-order valence-electron chi connectivity index (χ0n) is 9.74. The standard InChI is InChI=1S/C12H21N3/c1-9(2)12-10(7-13)8-14-15(12)11-5-3-4-6-11/h8-9,11H,3-7,13H2,1-2H3. The molecule has 0 radical (unpaired) electrons. The lowest BCUT2D eigenvalue weighted by atomic mass is 10.1. The van der Waals surface area contributed by atoms with Crippen molar-refractivity contribution in [2.45, 2.75) is 58.0 Å². The highest BCUT2D eigenvalue weighted by Crippen LogP contribution is 2.32. The van der Waals surface area contributed by atoms with Gasteiger partial charge in [-0.3, -0.25) is 4.68 Å². The molecule has 1 aromatic rings. The van der Waals surface area contributed by atoms with E-state index in [1.807, 2.05) is 6.20 Å². The lowest BCUT2D eigenvalue weighted by Gasteiger charge is -2.17. The smallest absolute Gasteiger partial charge is 0.0537 e. The van der Waals surface area contributed by atoms with Crippen molar-refractivity contribution in [3.05, 3.63) is 17.5 Å². The number of nitrogens with zero attached hydrogens (tertiary/aromatic N) is 2. The van der Waals surface area contributed by atoms with E-state index in [9.17, 15) is 0 Å². The van der Waals surface area contributed by atoms with E-state index < -0.39 is 0 Å². The van der Waals surface area contributed by atoms with Crippen LogP contribution in [0, 0.1) is 0 Å². The second kappa shape index (κ2) is 4.35. The van der Waals surface area contributed by atoms with Gasteiger partial charge in [0.25, 0.3) is 0 Å². The van der Waals surface area contributed by atoms with Gasteiger partial charge in [-0.15, -0.1) is 0 Å². The van der Waals surface area contributed by atoms with Crippen LogP contribution in [0.4, 0.5) is 0 Å². The summed E-state index contributed by atoms with van der Waals surface area (Å²) in [6.07, 6.45) is 7.21. The molecule has 1 saturated carbocycles. The SMILES string of the molecule is CC(C)c1c(CN)cnn1C1CCCC1. The van der Waals surface area contributed by atoms with Crippen LogP contribution in [-0.4, -0.2) is 9.78 Å². The first-order valence-electron chi connectivity index (χ1n) is 6.00. The highest BCUT2D eigenvalue weighted by molar-refractivity contribution is 5.21. The first-order chi connectivity index (χ1) is 7.24. The topological polar surface area (TPSA) is 43.8 Å². The summed E-state index contributed by atoms with van der Waals surface area (Å²) in [7, 11) is 0. The summed E-state index contributed by atoms with van der Waals surface area (Å²) in [4.78, 5) is 0. The fraction of sp³-hybridized carbons (Fsp3) is 0.750. The van der Waals surface area contributed by atoms with Gasteiger partial charge in [-0.2, -0.15) is 5.10 Å². The van der Waals surface area contributed by atoms with E-state index in [0.717, 1.165) is 0 Å². The van der Waals surface area contributed by atoms with Gasteiger partial charge in [-0.25, -0.2) is 0 Å². The first-order valence-corrected chi connectivity index (χ1v) is 6.00. The second-order valence-corrected chi connectivity index (χ2v) is 4.80. The molecule has 0 saturated heterocycles. The van der Waals surface area contributed by atoms with Crippen LogP contribution >= 0.6 is 0 Å². The van der Waals surface area contributed by atoms with Crippen LogP contribution in [0.1, 0.15) is 62.7 Å². The third-order valence-corrected chi connectivity index (χ3v) is 3.35. The Bertz CT molecular complexity index is 322. The molecule has 0 spiro atoms. The average Bonchev–Trinajstić information content (AvgIpc) is 2.85. The van der Waals surface area contributed by atoms with Crippen LogP contribution in [0.2, 0.25) is 0 Å². The van der Waals surface area contributed by atoms with Gasteiger partial charge in [0.1, 0.15) is 0 Å². The number of aromatic nitrogens is 2. The van der Waals surface area contributed by atoms with Crippen LogP contribution in [0.25, 0.3) is 0 Å². The van der Waals surface area contributed by atoms with Crippen molar-refractivity contribution < 1.29 is 0 Å². The summed E-state index contributed by atoms with van der Waals surface area (Å²) in [6, 6.07) is 0.627. The maximum atomic E-state index is 5.75. The van der Waals surface area contributed by atoms with Crippen molar-refractivity contribution >= 4 is 0 Å². The summed E-state index contributed by atoms with van der Waals surface area (Å²) < 4.78 is 2.24. The zero-order chi connectivity index (χ0) is 10.8. The van der Waals surface area contributed by atoms with Crippen molar-refractivity contribution in [2.75, 3.05) is 0 Å². The second-order valence-electron chi connectivity index (χ2n) is 4.80. The van der Waals surface area contributed by atoms with Gasteiger partial charge in [0.05, 0.1) is 12.2 Å². The van der Waals surface area contributed by atoms with Crippen LogP contribution in [0.3, 0.4) is 0 Å². The van der Waals surface area contributed by atoms with Gasteiger partial charge < -0.3 is 5.73 Å². The molecule has 0 bridgehead atoms. The Morgan fingerprint density at radius 3 is 2.67 bits per heavy atom. The number of nitrogens with two attached hydrogens (primary N) is 1. The number of rotatable bonds is 3. The van der Waals surface area contributed by atoms with E-state index in [1.165, 1.54) is 36.9 Å². The molecule has 0 aliphatic heterocycles. The summed E-state index contributed by atoms with van der Waals surface area (Å²) in [5, 5.41) is 4.53. The van der Waals surface area contributed by atoms with Crippen LogP contribution in [-0.2, 0) is 6.54 Å². The summed E-state index contributed by atoms with van der Waals surface area (Å²) in [5.41, 5.74) is 8.32. The van der Waals surface area contributed by atoms with Gasteiger partial charge in [-0.05, 0) is 18.8 Å². The lowest BCUT2D eigenvalue weighted by Crippen LogP contribution is -2.13. The monoisotopic (exact) mass is 207 g/mol. The van der Waals surface area contributed by atoms with Crippen LogP contribution in [0.15, 0.2) is 6.20 Å². The Labute approximate surface area is 91.7 Å². The normalized spacial score (nSPS) is 17.9. The molecule has 0 atom stereocenters. The van der Waals surface area contributed by atoms with E-state index >= 15 is 0 Å². The molecule has 2 N–H and O–H groups in total. The minimum absolute atomic E-state index is 0.520. The summed E-state index contributed by atoms with van der Waals surface area (Å²) >= 11 is 0. The molecule has 84 valence electrons. The van der Waals surface area contributed by atoms with Crippen molar-refractivity contribution in [3.63, 3.8) is 0 Å². The van der Waals surface area contributed by atoms with E-state index in [0.29, 0.717) is 18.5 Å². The van der Waals surface area contributed by atoms with E-state index in [-0.39, 0.29) is 0 Å². The lowest BCUT2D eigenvalue weighted by molar-refractivity contribution is 0.441. The van der Waals surface area contributed by atoms with Gasteiger partial charge in [-0.1, -0.05) is 26.7 Å². The highest BCUT2D eigenvalue weighted by atomic mass is 15.3. The first kappa shape index (κ1) is 10.7. The fourth-order valence-corrected chi connectivity index (χ4v) is 2.64. The molecule has 1 aromatic heterocycles. The molecule has 0 amide bonds. The van der Waals surface area contributed by atoms with Crippen molar-refractivity contribution in [1.82, 2.24) is 9.78 Å². The van der Waals surface area contributed by atoms with Gasteiger partial charge in [0, 0.05) is 17.8 Å². The quantitative estimate of drug-likeness (QED) is 0.828. The molecular weight excluding hydrogens is 186 g/mol. The predicted octanol–water partition coefficient (Wildman–Crippen LogP) is 2.58. The molecule has 1 fully saturated rings. The predicted molar refractivity (Wildman–Crippen MR) is 61.7 cm³/mol. The zero-order valence-corrected chi connectivity index (χ0v) is 9.74. The minimum atomic E-state index is 0.520.